The van der Waals surface area contributed by atoms with Gasteiger partial charge in [0.25, 0.3) is 6.47 Å². The van der Waals surface area contributed by atoms with Gasteiger partial charge in [-0.15, -0.1) is 0 Å². The minimum absolute atomic E-state index is 0.287. The number of fused-ring (bicyclic) bond motifs is 2. The van der Waals surface area contributed by atoms with E-state index in [2.05, 4.69) is 13.8 Å². The van der Waals surface area contributed by atoms with E-state index in [9.17, 15) is 4.79 Å². The third-order valence-electron chi connectivity index (χ3n) is 5.86. The second kappa shape index (κ2) is 4.44. The minimum atomic E-state index is -0.287. The number of hydrogen-bond acceptors (Lipinski definition) is 4. The van der Waals surface area contributed by atoms with Gasteiger partial charge in [0.1, 0.15) is 5.60 Å². The van der Waals surface area contributed by atoms with Crippen molar-refractivity contribution in [3.63, 3.8) is 0 Å². The molecule has 4 fully saturated rings. The fourth-order valence-electron chi connectivity index (χ4n) is 5.01. The van der Waals surface area contributed by atoms with Gasteiger partial charge in [-0.05, 0) is 43.4 Å². The zero-order valence-corrected chi connectivity index (χ0v) is 12.3. The molecule has 112 valence electrons. The predicted octanol–water partition coefficient (Wildman–Crippen LogP) is 2.30. The smallest absolute Gasteiger partial charge is 0.293 e. The second-order valence-corrected chi connectivity index (χ2v) is 7.58. The van der Waals surface area contributed by atoms with Crippen LogP contribution in [0, 0.1) is 17.8 Å². The van der Waals surface area contributed by atoms with Crippen LogP contribution in [0.5, 0.6) is 0 Å². The maximum Gasteiger partial charge on any atom is 0.293 e. The van der Waals surface area contributed by atoms with E-state index >= 15 is 0 Å². The summed E-state index contributed by atoms with van der Waals surface area (Å²) in [6, 6.07) is 0. The molecule has 0 amide bonds. The predicted molar refractivity (Wildman–Crippen MR) is 72.1 cm³/mol. The summed E-state index contributed by atoms with van der Waals surface area (Å²) in [6.07, 6.45) is 6.90. The molecule has 2 aliphatic carbocycles. The molecule has 4 nitrogen and oxygen atoms in total. The molecule has 2 heterocycles. The molecule has 0 N–H and O–H groups in total. The van der Waals surface area contributed by atoms with Crippen LogP contribution in [0.25, 0.3) is 0 Å². The summed E-state index contributed by atoms with van der Waals surface area (Å²) < 4.78 is 17.1. The van der Waals surface area contributed by atoms with E-state index in [-0.39, 0.29) is 5.60 Å². The number of carbonyl (C=O) groups is 1. The summed E-state index contributed by atoms with van der Waals surface area (Å²) in [4.78, 5) is 11.0. The summed E-state index contributed by atoms with van der Waals surface area (Å²) in [5.41, 5.74) is -0.287. The van der Waals surface area contributed by atoms with Crippen LogP contribution in [0.4, 0.5) is 0 Å². The fourth-order valence-corrected chi connectivity index (χ4v) is 5.01. The van der Waals surface area contributed by atoms with Crippen LogP contribution in [0.1, 0.15) is 46.0 Å². The summed E-state index contributed by atoms with van der Waals surface area (Å²) in [6.45, 7) is 5.15. The molecule has 0 bridgehead atoms. The van der Waals surface area contributed by atoms with Crippen molar-refractivity contribution in [3.05, 3.63) is 0 Å². The molecular weight excluding hydrogens is 256 g/mol. The Morgan fingerprint density at radius 2 is 1.85 bits per heavy atom. The number of hydrogen-bond donors (Lipinski definition) is 0. The van der Waals surface area contributed by atoms with Gasteiger partial charge in [-0.3, -0.25) is 4.79 Å². The Hall–Kier alpha value is -0.610. The number of carbonyl (C=O) groups excluding carboxylic acids is 1. The van der Waals surface area contributed by atoms with Crippen molar-refractivity contribution >= 4 is 6.47 Å². The quantitative estimate of drug-likeness (QED) is 0.585. The molecule has 4 aliphatic rings. The lowest BCUT2D eigenvalue weighted by molar-refractivity contribution is -0.150. The molecule has 0 aromatic carbocycles. The standard InChI is InChI=1S/C16H24O4/c1-9-3-11(4-12-14(9)19-12)6-16(18-8-17)5-10(2)15-13(7-16)20-15/h8-15H,3-7H2,1-2H3. The van der Waals surface area contributed by atoms with Crippen LogP contribution < -0.4 is 0 Å². The Morgan fingerprint density at radius 1 is 1.10 bits per heavy atom. The maximum absolute atomic E-state index is 11.0. The molecule has 2 saturated heterocycles. The van der Waals surface area contributed by atoms with E-state index in [0.717, 1.165) is 25.7 Å². The average molecular weight is 280 g/mol. The molecule has 0 spiro atoms. The lowest BCUT2D eigenvalue weighted by Crippen LogP contribution is -2.43. The van der Waals surface area contributed by atoms with Crippen molar-refractivity contribution in [1.29, 1.82) is 0 Å². The van der Waals surface area contributed by atoms with Crippen molar-refractivity contribution in [1.82, 2.24) is 0 Å². The Bertz CT molecular complexity index is 411. The highest BCUT2D eigenvalue weighted by Crippen LogP contribution is 2.52. The van der Waals surface area contributed by atoms with Crippen LogP contribution in [0.15, 0.2) is 0 Å². The summed E-state index contributed by atoms with van der Waals surface area (Å²) >= 11 is 0. The number of rotatable bonds is 4. The summed E-state index contributed by atoms with van der Waals surface area (Å²) in [5.74, 6) is 1.77. The van der Waals surface area contributed by atoms with E-state index < -0.39 is 0 Å². The van der Waals surface area contributed by atoms with E-state index in [1.165, 1.54) is 6.42 Å². The Balaban J connectivity index is 1.46. The maximum atomic E-state index is 11.0. The van der Waals surface area contributed by atoms with E-state index in [0.29, 0.717) is 48.6 Å². The number of ether oxygens (including phenoxy) is 3. The van der Waals surface area contributed by atoms with Gasteiger partial charge in [0.05, 0.1) is 24.4 Å². The third kappa shape index (κ3) is 2.17. The van der Waals surface area contributed by atoms with Crippen LogP contribution in [-0.2, 0) is 19.0 Å². The lowest BCUT2D eigenvalue weighted by Gasteiger charge is -2.40. The molecule has 4 rings (SSSR count). The van der Waals surface area contributed by atoms with Crippen molar-refractivity contribution in [3.8, 4) is 0 Å². The summed E-state index contributed by atoms with van der Waals surface area (Å²) in [7, 11) is 0. The van der Waals surface area contributed by atoms with Crippen molar-refractivity contribution in [2.75, 3.05) is 0 Å². The van der Waals surface area contributed by atoms with Gasteiger partial charge in [-0.1, -0.05) is 13.8 Å². The van der Waals surface area contributed by atoms with E-state index in [1.54, 1.807) is 0 Å². The van der Waals surface area contributed by atoms with Gasteiger partial charge in [-0.25, -0.2) is 0 Å². The molecule has 2 aliphatic heterocycles. The highest BCUT2D eigenvalue weighted by Gasteiger charge is 2.57. The first-order chi connectivity index (χ1) is 9.60. The first-order valence-electron chi connectivity index (χ1n) is 8.02. The zero-order chi connectivity index (χ0) is 13.9. The highest BCUT2D eigenvalue weighted by atomic mass is 16.6. The van der Waals surface area contributed by atoms with Crippen molar-refractivity contribution < 1.29 is 19.0 Å². The van der Waals surface area contributed by atoms with Crippen LogP contribution >= 0.6 is 0 Å². The average Bonchev–Trinajstić information content (AvgIpc) is 3.21. The molecule has 8 atom stereocenters. The molecule has 0 radical (unpaired) electrons. The Morgan fingerprint density at radius 3 is 2.55 bits per heavy atom. The Labute approximate surface area is 120 Å². The minimum Gasteiger partial charge on any atom is -0.461 e. The van der Waals surface area contributed by atoms with Crippen LogP contribution in [0.3, 0.4) is 0 Å². The molecule has 4 heteroatoms. The van der Waals surface area contributed by atoms with Gasteiger partial charge in [-0.2, -0.15) is 0 Å². The second-order valence-electron chi connectivity index (χ2n) is 7.58. The normalized spacial score (nSPS) is 56.4. The molecule has 0 aromatic rings. The summed E-state index contributed by atoms with van der Waals surface area (Å²) in [5, 5.41) is 0. The van der Waals surface area contributed by atoms with Gasteiger partial charge in [0.15, 0.2) is 0 Å². The molecule has 8 unspecified atom stereocenters. The molecule has 0 aromatic heterocycles. The van der Waals surface area contributed by atoms with Gasteiger partial charge >= 0.3 is 0 Å². The van der Waals surface area contributed by atoms with Gasteiger partial charge in [0.2, 0.25) is 0 Å². The molecular formula is C16H24O4. The first kappa shape index (κ1) is 13.1. The zero-order valence-electron chi connectivity index (χ0n) is 12.3. The topological polar surface area (TPSA) is 51.4 Å². The van der Waals surface area contributed by atoms with Crippen LogP contribution in [-0.4, -0.2) is 36.5 Å². The monoisotopic (exact) mass is 280 g/mol. The van der Waals surface area contributed by atoms with Crippen molar-refractivity contribution in [2.24, 2.45) is 17.8 Å². The highest BCUT2D eigenvalue weighted by molar-refractivity contribution is 5.38. The largest absolute Gasteiger partial charge is 0.461 e. The first-order valence-corrected chi connectivity index (χ1v) is 8.02. The van der Waals surface area contributed by atoms with E-state index in [1.807, 2.05) is 0 Å². The number of epoxide rings is 2. The van der Waals surface area contributed by atoms with Gasteiger partial charge in [0, 0.05) is 6.42 Å². The van der Waals surface area contributed by atoms with Crippen LogP contribution in [0.2, 0.25) is 0 Å². The third-order valence-corrected chi connectivity index (χ3v) is 5.86. The van der Waals surface area contributed by atoms with Crippen molar-refractivity contribution in [2.45, 2.75) is 76.0 Å². The lowest BCUT2D eigenvalue weighted by atomic mass is 9.70. The molecule has 2 saturated carbocycles. The fraction of sp³-hybridized carbons (Fsp3) is 0.938. The Kier molecular flexibility index (Phi) is 2.90. The van der Waals surface area contributed by atoms with E-state index in [4.69, 9.17) is 14.2 Å². The molecule has 20 heavy (non-hydrogen) atoms. The SMILES string of the molecule is CC1CC(CC2(OC=O)CC(C)C3OC3C2)CC2OC12. The van der Waals surface area contributed by atoms with Gasteiger partial charge < -0.3 is 14.2 Å².